The van der Waals surface area contributed by atoms with Crippen LogP contribution in [0.25, 0.3) is 0 Å². The molecule has 2 rings (SSSR count). The van der Waals surface area contributed by atoms with Gasteiger partial charge in [0.2, 0.25) is 0 Å². The molecule has 2 nitrogen and oxygen atoms in total. The van der Waals surface area contributed by atoms with Crippen LogP contribution in [0.5, 0.6) is 0 Å². The second-order valence-corrected chi connectivity index (χ2v) is 4.91. The maximum absolute atomic E-state index is 12.7. The van der Waals surface area contributed by atoms with Crippen molar-refractivity contribution in [3.05, 3.63) is 35.6 Å². The molecule has 1 N–H and O–H groups in total. The van der Waals surface area contributed by atoms with E-state index in [0.717, 1.165) is 13.0 Å². The molecule has 0 radical (unpaired) electrons. The fraction of sp³-hybridized carbons (Fsp3) is 0.571. The highest BCUT2D eigenvalue weighted by Gasteiger charge is 2.15. The first-order chi connectivity index (χ1) is 8.24. The summed E-state index contributed by atoms with van der Waals surface area (Å²) in [7, 11) is 2.18. The second kappa shape index (κ2) is 7.72. The average molecular weight is 273 g/mol. The molecule has 18 heavy (non-hydrogen) atoms. The SMILES string of the molecule is CN1CCC(NCCc2ccc(F)cc2)CC1.Cl. The molecule has 1 aliphatic heterocycles. The lowest BCUT2D eigenvalue weighted by Gasteiger charge is -2.29. The number of hydrogen-bond acceptors (Lipinski definition) is 2. The molecule has 0 atom stereocenters. The number of nitrogens with zero attached hydrogens (tertiary/aromatic N) is 1. The highest BCUT2D eigenvalue weighted by atomic mass is 35.5. The molecular weight excluding hydrogens is 251 g/mol. The van der Waals surface area contributed by atoms with Gasteiger partial charge in [-0.3, -0.25) is 0 Å². The molecule has 0 spiro atoms. The molecule has 0 unspecified atom stereocenters. The summed E-state index contributed by atoms with van der Waals surface area (Å²) in [6.07, 6.45) is 3.45. The Labute approximate surface area is 115 Å². The third-order valence-electron chi connectivity index (χ3n) is 3.48. The topological polar surface area (TPSA) is 15.3 Å². The number of rotatable bonds is 4. The Morgan fingerprint density at radius 3 is 2.44 bits per heavy atom. The Kier molecular flexibility index (Phi) is 6.61. The second-order valence-electron chi connectivity index (χ2n) is 4.91. The van der Waals surface area contributed by atoms with E-state index >= 15 is 0 Å². The van der Waals surface area contributed by atoms with Crippen LogP contribution in [0.1, 0.15) is 18.4 Å². The minimum Gasteiger partial charge on any atom is -0.314 e. The van der Waals surface area contributed by atoms with Gasteiger partial charge in [0.15, 0.2) is 0 Å². The summed E-state index contributed by atoms with van der Waals surface area (Å²) in [5, 5.41) is 3.58. The Balaban J connectivity index is 0.00000162. The molecule has 0 aliphatic carbocycles. The van der Waals surface area contributed by atoms with Gasteiger partial charge in [0, 0.05) is 6.04 Å². The van der Waals surface area contributed by atoms with E-state index in [2.05, 4.69) is 17.3 Å². The van der Waals surface area contributed by atoms with Crippen LogP contribution in [0.4, 0.5) is 4.39 Å². The largest absolute Gasteiger partial charge is 0.314 e. The van der Waals surface area contributed by atoms with Gasteiger partial charge in [0.25, 0.3) is 0 Å². The zero-order valence-corrected chi connectivity index (χ0v) is 11.7. The predicted molar refractivity (Wildman–Crippen MR) is 75.9 cm³/mol. The molecule has 1 aromatic rings. The molecule has 4 heteroatoms. The van der Waals surface area contributed by atoms with Crippen LogP contribution in [0, 0.1) is 5.82 Å². The third kappa shape index (κ3) is 4.92. The van der Waals surface area contributed by atoms with Crippen molar-refractivity contribution in [2.45, 2.75) is 25.3 Å². The fourth-order valence-electron chi connectivity index (χ4n) is 2.28. The summed E-state index contributed by atoms with van der Waals surface area (Å²) in [6, 6.07) is 7.46. The number of likely N-dealkylation sites (tertiary alicyclic amines) is 1. The minimum absolute atomic E-state index is 0. The number of nitrogens with one attached hydrogen (secondary N) is 1. The molecule has 1 aliphatic rings. The van der Waals surface area contributed by atoms with Crippen LogP contribution in [-0.2, 0) is 6.42 Å². The van der Waals surface area contributed by atoms with Crippen molar-refractivity contribution in [2.24, 2.45) is 0 Å². The van der Waals surface area contributed by atoms with Crippen molar-refractivity contribution in [1.29, 1.82) is 0 Å². The van der Waals surface area contributed by atoms with E-state index in [-0.39, 0.29) is 18.2 Å². The Hall–Kier alpha value is -0.640. The van der Waals surface area contributed by atoms with Crippen LogP contribution in [0.3, 0.4) is 0 Å². The van der Waals surface area contributed by atoms with Crippen LogP contribution in [0.15, 0.2) is 24.3 Å². The summed E-state index contributed by atoms with van der Waals surface area (Å²) in [6.45, 7) is 3.36. The number of hydrogen-bond donors (Lipinski definition) is 1. The van der Waals surface area contributed by atoms with Gasteiger partial charge in [-0.2, -0.15) is 0 Å². The van der Waals surface area contributed by atoms with Gasteiger partial charge in [-0.05, 0) is 63.6 Å². The summed E-state index contributed by atoms with van der Waals surface area (Å²) >= 11 is 0. The maximum atomic E-state index is 12.7. The zero-order valence-electron chi connectivity index (χ0n) is 10.9. The van der Waals surface area contributed by atoms with Gasteiger partial charge < -0.3 is 10.2 Å². The molecule has 102 valence electrons. The van der Waals surface area contributed by atoms with Gasteiger partial charge in [0.05, 0.1) is 0 Å². The molecule has 1 heterocycles. The molecular formula is C14H22ClFN2. The molecule has 0 amide bonds. The molecule has 1 saturated heterocycles. The van der Waals surface area contributed by atoms with Crippen molar-refractivity contribution in [3.8, 4) is 0 Å². The highest BCUT2D eigenvalue weighted by Crippen LogP contribution is 2.08. The summed E-state index contributed by atoms with van der Waals surface area (Å²) in [5.74, 6) is -0.156. The van der Waals surface area contributed by atoms with E-state index in [9.17, 15) is 4.39 Å². The van der Waals surface area contributed by atoms with Crippen LogP contribution >= 0.6 is 12.4 Å². The number of piperidine rings is 1. The zero-order chi connectivity index (χ0) is 12.1. The Morgan fingerprint density at radius 1 is 1.22 bits per heavy atom. The molecule has 1 aromatic carbocycles. The summed E-state index contributed by atoms with van der Waals surface area (Å²) in [4.78, 5) is 2.37. The number of benzene rings is 1. The molecule has 1 fully saturated rings. The summed E-state index contributed by atoms with van der Waals surface area (Å²) in [5.41, 5.74) is 1.20. The first-order valence-electron chi connectivity index (χ1n) is 6.40. The maximum Gasteiger partial charge on any atom is 0.123 e. The van der Waals surface area contributed by atoms with E-state index < -0.39 is 0 Å². The van der Waals surface area contributed by atoms with Gasteiger partial charge in [-0.1, -0.05) is 12.1 Å². The van der Waals surface area contributed by atoms with Gasteiger partial charge >= 0.3 is 0 Å². The lowest BCUT2D eigenvalue weighted by Crippen LogP contribution is -2.41. The Bertz CT molecular complexity index is 334. The van der Waals surface area contributed by atoms with Crippen molar-refractivity contribution < 1.29 is 4.39 Å². The van der Waals surface area contributed by atoms with Gasteiger partial charge in [-0.25, -0.2) is 4.39 Å². The van der Waals surface area contributed by atoms with E-state index in [1.807, 2.05) is 12.1 Å². The first-order valence-corrected chi connectivity index (χ1v) is 6.40. The highest BCUT2D eigenvalue weighted by molar-refractivity contribution is 5.85. The lowest BCUT2D eigenvalue weighted by atomic mass is 10.1. The lowest BCUT2D eigenvalue weighted by molar-refractivity contribution is 0.235. The van der Waals surface area contributed by atoms with E-state index in [1.54, 1.807) is 0 Å². The van der Waals surface area contributed by atoms with Crippen molar-refractivity contribution in [3.63, 3.8) is 0 Å². The van der Waals surface area contributed by atoms with Crippen molar-refractivity contribution in [1.82, 2.24) is 10.2 Å². The van der Waals surface area contributed by atoms with E-state index in [0.29, 0.717) is 6.04 Å². The molecule has 0 saturated carbocycles. The molecule has 0 aromatic heterocycles. The third-order valence-corrected chi connectivity index (χ3v) is 3.48. The standard InChI is InChI=1S/C14H21FN2.ClH/c1-17-10-7-14(8-11-17)16-9-6-12-2-4-13(15)5-3-12;/h2-5,14,16H,6-11H2,1H3;1H. The monoisotopic (exact) mass is 272 g/mol. The van der Waals surface area contributed by atoms with Crippen LogP contribution < -0.4 is 5.32 Å². The predicted octanol–water partition coefficient (Wildman–Crippen LogP) is 2.47. The average Bonchev–Trinajstić information content (AvgIpc) is 2.34. The van der Waals surface area contributed by atoms with E-state index in [1.165, 1.54) is 43.6 Å². The minimum atomic E-state index is -0.156. The normalized spacial score (nSPS) is 17.4. The van der Waals surface area contributed by atoms with Gasteiger partial charge in [0.1, 0.15) is 5.82 Å². The van der Waals surface area contributed by atoms with Crippen LogP contribution in [0.2, 0.25) is 0 Å². The van der Waals surface area contributed by atoms with Crippen LogP contribution in [-0.4, -0.2) is 37.6 Å². The summed E-state index contributed by atoms with van der Waals surface area (Å²) < 4.78 is 12.7. The van der Waals surface area contributed by atoms with Crippen molar-refractivity contribution in [2.75, 3.05) is 26.7 Å². The van der Waals surface area contributed by atoms with Crippen molar-refractivity contribution >= 4 is 12.4 Å². The first kappa shape index (κ1) is 15.4. The smallest absolute Gasteiger partial charge is 0.123 e. The van der Waals surface area contributed by atoms with E-state index in [4.69, 9.17) is 0 Å². The fourth-order valence-corrected chi connectivity index (χ4v) is 2.28. The molecule has 0 bridgehead atoms. The van der Waals surface area contributed by atoms with Gasteiger partial charge in [-0.15, -0.1) is 12.4 Å². The Morgan fingerprint density at radius 2 is 1.83 bits per heavy atom. The number of halogens is 2. The quantitative estimate of drug-likeness (QED) is 0.906.